The Bertz CT molecular complexity index is 668. The highest BCUT2D eigenvalue weighted by Crippen LogP contribution is 2.25. The SMILES string of the molecule is CC(C)[NH+]1CSc2nnc(-c3ccc([N+](=O)[O-])cc3)n2C1. The molecule has 0 fully saturated rings. The van der Waals surface area contributed by atoms with Crippen LogP contribution in [-0.2, 0) is 6.67 Å². The Balaban J connectivity index is 1.94. The van der Waals surface area contributed by atoms with E-state index in [1.165, 1.54) is 17.0 Å². The van der Waals surface area contributed by atoms with E-state index >= 15 is 0 Å². The van der Waals surface area contributed by atoms with Crippen LogP contribution >= 0.6 is 11.8 Å². The van der Waals surface area contributed by atoms with Crippen molar-refractivity contribution >= 4 is 17.4 Å². The molecule has 1 atom stereocenters. The van der Waals surface area contributed by atoms with Gasteiger partial charge >= 0.3 is 0 Å². The quantitative estimate of drug-likeness (QED) is 0.680. The van der Waals surface area contributed by atoms with Crippen molar-refractivity contribution in [2.45, 2.75) is 31.7 Å². The van der Waals surface area contributed by atoms with Crippen molar-refractivity contribution < 1.29 is 9.82 Å². The number of rotatable bonds is 3. The molecule has 1 aromatic carbocycles. The summed E-state index contributed by atoms with van der Waals surface area (Å²) in [6, 6.07) is 6.98. The number of hydrogen-bond acceptors (Lipinski definition) is 5. The Hall–Kier alpha value is -1.93. The van der Waals surface area contributed by atoms with Gasteiger partial charge < -0.3 is 4.90 Å². The maximum atomic E-state index is 10.7. The van der Waals surface area contributed by atoms with E-state index in [0.29, 0.717) is 6.04 Å². The van der Waals surface area contributed by atoms with Crippen molar-refractivity contribution in [3.63, 3.8) is 0 Å². The summed E-state index contributed by atoms with van der Waals surface area (Å²) < 4.78 is 2.09. The molecule has 0 saturated heterocycles. The molecule has 3 rings (SSSR count). The summed E-state index contributed by atoms with van der Waals surface area (Å²) in [7, 11) is 0. The molecule has 21 heavy (non-hydrogen) atoms. The predicted molar refractivity (Wildman–Crippen MR) is 78.9 cm³/mol. The van der Waals surface area contributed by atoms with Gasteiger partial charge in [0.05, 0.1) is 11.0 Å². The molecular formula is C13H16N5O2S+. The van der Waals surface area contributed by atoms with Crippen molar-refractivity contribution in [2.24, 2.45) is 0 Å². The molecule has 0 aliphatic carbocycles. The summed E-state index contributed by atoms with van der Waals surface area (Å²) in [6.07, 6.45) is 0. The second kappa shape index (κ2) is 5.45. The lowest BCUT2D eigenvalue weighted by Gasteiger charge is -2.27. The van der Waals surface area contributed by atoms with Crippen molar-refractivity contribution in [3.8, 4) is 11.4 Å². The van der Waals surface area contributed by atoms with E-state index in [1.54, 1.807) is 23.9 Å². The largest absolute Gasteiger partial charge is 0.307 e. The van der Waals surface area contributed by atoms with Gasteiger partial charge in [-0.05, 0) is 37.7 Å². The van der Waals surface area contributed by atoms with Crippen LogP contribution in [0, 0.1) is 10.1 Å². The van der Waals surface area contributed by atoms with Gasteiger partial charge in [-0.3, -0.25) is 14.7 Å². The summed E-state index contributed by atoms with van der Waals surface area (Å²) in [5, 5.41) is 20.1. The van der Waals surface area contributed by atoms with E-state index in [-0.39, 0.29) is 5.69 Å². The molecule has 7 nitrogen and oxygen atoms in total. The molecule has 1 aromatic heterocycles. The van der Waals surface area contributed by atoms with Gasteiger partial charge in [0.15, 0.2) is 12.5 Å². The molecule has 8 heteroatoms. The molecule has 0 saturated carbocycles. The lowest BCUT2D eigenvalue weighted by molar-refractivity contribution is -0.933. The zero-order chi connectivity index (χ0) is 15.0. The summed E-state index contributed by atoms with van der Waals surface area (Å²) in [4.78, 5) is 11.8. The number of aromatic nitrogens is 3. The standard InChI is InChI=1S/C13H15N5O2S/c1-9(2)16-7-17-12(14-15-13(17)21-8-16)10-3-5-11(6-4-10)18(19)20/h3-6,9H,7-8H2,1-2H3/p+1. The number of quaternary nitrogens is 1. The summed E-state index contributed by atoms with van der Waals surface area (Å²) in [5.74, 6) is 1.75. The lowest BCUT2D eigenvalue weighted by atomic mass is 10.2. The fourth-order valence-electron chi connectivity index (χ4n) is 2.24. The highest BCUT2D eigenvalue weighted by Gasteiger charge is 2.26. The molecule has 1 N–H and O–H groups in total. The van der Waals surface area contributed by atoms with Gasteiger partial charge in [0, 0.05) is 17.7 Å². The third-order valence-corrected chi connectivity index (χ3v) is 4.69. The molecule has 0 radical (unpaired) electrons. The van der Waals surface area contributed by atoms with Crippen LogP contribution in [0.4, 0.5) is 5.69 Å². The van der Waals surface area contributed by atoms with Crippen LogP contribution in [0.2, 0.25) is 0 Å². The van der Waals surface area contributed by atoms with Crippen LogP contribution in [0.1, 0.15) is 13.8 Å². The van der Waals surface area contributed by atoms with Crippen molar-refractivity contribution in [3.05, 3.63) is 34.4 Å². The third kappa shape index (κ3) is 2.64. The molecule has 110 valence electrons. The van der Waals surface area contributed by atoms with Crippen molar-refractivity contribution in [1.82, 2.24) is 14.8 Å². The number of hydrogen-bond donors (Lipinski definition) is 1. The Morgan fingerprint density at radius 2 is 2.05 bits per heavy atom. The maximum absolute atomic E-state index is 10.7. The molecular weight excluding hydrogens is 290 g/mol. The Kier molecular flexibility index (Phi) is 3.64. The number of thioether (sulfide) groups is 1. The molecule has 0 bridgehead atoms. The van der Waals surface area contributed by atoms with Gasteiger partial charge in [0.1, 0.15) is 5.88 Å². The van der Waals surface area contributed by atoms with Crippen LogP contribution in [0.25, 0.3) is 11.4 Å². The minimum Gasteiger partial charge on any atom is -0.307 e. The molecule has 0 spiro atoms. The molecule has 1 unspecified atom stereocenters. The Morgan fingerprint density at radius 3 is 2.67 bits per heavy atom. The van der Waals surface area contributed by atoms with Gasteiger partial charge in [-0.15, -0.1) is 10.2 Å². The molecule has 1 aliphatic rings. The normalized spacial score (nSPS) is 17.8. The number of benzene rings is 1. The number of nitrogens with one attached hydrogen (secondary N) is 1. The predicted octanol–water partition coefficient (Wildman–Crippen LogP) is 1.17. The first kappa shape index (κ1) is 14.0. The highest BCUT2D eigenvalue weighted by atomic mass is 32.2. The zero-order valence-electron chi connectivity index (χ0n) is 11.8. The van der Waals surface area contributed by atoms with E-state index in [2.05, 4.69) is 28.6 Å². The first-order valence-electron chi connectivity index (χ1n) is 6.71. The fraction of sp³-hybridized carbons (Fsp3) is 0.385. The average molecular weight is 306 g/mol. The number of nitro groups is 1. The van der Waals surface area contributed by atoms with E-state index in [4.69, 9.17) is 0 Å². The number of non-ortho nitro benzene ring substituents is 1. The summed E-state index contributed by atoms with van der Waals surface area (Å²) in [6.45, 7) is 5.20. The number of fused-ring (bicyclic) bond motifs is 1. The van der Waals surface area contributed by atoms with Gasteiger partial charge in [-0.2, -0.15) is 0 Å². The van der Waals surface area contributed by atoms with Crippen LogP contribution in [-0.4, -0.2) is 31.6 Å². The first-order chi connectivity index (χ1) is 10.1. The fourth-order valence-corrected chi connectivity index (χ4v) is 3.38. The first-order valence-corrected chi connectivity index (χ1v) is 7.70. The van der Waals surface area contributed by atoms with Crippen LogP contribution in [0.15, 0.2) is 29.4 Å². The minimum atomic E-state index is -0.399. The van der Waals surface area contributed by atoms with E-state index in [0.717, 1.165) is 29.1 Å². The smallest absolute Gasteiger partial charge is 0.269 e. The Morgan fingerprint density at radius 1 is 1.33 bits per heavy atom. The van der Waals surface area contributed by atoms with E-state index < -0.39 is 4.92 Å². The minimum absolute atomic E-state index is 0.0842. The van der Waals surface area contributed by atoms with Crippen LogP contribution < -0.4 is 4.90 Å². The molecule has 2 heterocycles. The Labute approximate surface area is 126 Å². The summed E-state index contributed by atoms with van der Waals surface area (Å²) >= 11 is 1.69. The highest BCUT2D eigenvalue weighted by molar-refractivity contribution is 7.98. The van der Waals surface area contributed by atoms with Crippen molar-refractivity contribution in [2.75, 3.05) is 5.88 Å². The molecule has 2 aromatic rings. The van der Waals surface area contributed by atoms with Gasteiger partial charge in [-0.25, -0.2) is 0 Å². The third-order valence-electron chi connectivity index (χ3n) is 3.62. The average Bonchev–Trinajstić information content (AvgIpc) is 2.90. The second-order valence-corrected chi connectivity index (χ2v) is 6.24. The van der Waals surface area contributed by atoms with Gasteiger partial charge in [0.2, 0.25) is 5.16 Å². The molecule has 0 amide bonds. The van der Waals surface area contributed by atoms with Gasteiger partial charge in [-0.1, -0.05) is 0 Å². The monoisotopic (exact) mass is 306 g/mol. The number of nitro benzene ring substituents is 1. The van der Waals surface area contributed by atoms with Crippen molar-refractivity contribution in [1.29, 1.82) is 0 Å². The molecule has 1 aliphatic heterocycles. The maximum Gasteiger partial charge on any atom is 0.269 e. The number of nitrogens with zero attached hydrogens (tertiary/aromatic N) is 4. The zero-order valence-corrected chi connectivity index (χ0v) is 12.6. The van der Waals surface area contributed by atoms with Gasteiger partial charge in [0.25, 0.3) is 5.69 Å². The van der Waals surface area contributed by atoms with E-state index in [1.807, 2.05) is 0 Å². The topological polar surface area (TPSA) is 78.3 Å². The second-order valence-electron chi connectivity index (χ2n) is 5.30. The van der Waals surface area contributed by atoms with E-state index in [9.17, 15) is 10.1 Å². The summed E-state index contributed by atoms with van der Waals surface area (Å²) in [5.41, 5.74) is 0.936. The van der Waals surface area contributed by atoms with Crippen LogP contribution in [0.3, 0.4) is 0 Å². The lowest BCUT2D eigenvalue weighted by Crippen LogP contribution is -3.14. The van der Waals surface area contributed by atoms with Crippen LogP contribution in [0.5, 0.6) is 0 Å².